The highest BCUT2D eigenvalue weighted by atomic mass is 35.5. The number of rotatable bonds is 7. The summed E-state index contributed by atoms with van der Waals surface area (Å²) in [4.78, 5) is 16.6. The summed E-state index contributed by atoms with van der Waals surface area (Å²) in [6.45, 7) is 1.97. The fourth-order valence-corrected chi connectivity index (χ4v) is 4.48. The molecule has 0 aliphatic carbocycles. The molecule has 0 unspecified atom stereocenters. The smallest absolute Gasteiger partial charge is 0.169 e. The summed E-state index contributed by atoms with van der Waals surface area (Å²) in [7, 11) is 9.61. The molecule has 5 nitrogen and oxygen atoms in total. The van der Waals surface area contributed by atoms with Crippen molar-refractivity contribution in [1.29, 1.82) is 0 Å². The number of H-pyrrole nitrogens is 1. The summed E-state index contributed by atoms with van der Waals surface area (Å²) in [6, 6.07) is 16.0. The number of quaternary nitrogens is 1. The van der Waals surface area contributed by atoms with Gasteiger partial charge in [-0.15, -0.1) is 0 Å². The fourth-order valence-electron chi connectivity index (χ4n) is 4.22. The molecule has 176 valence electrons. The van der Waals surface area contributed by atoms with Crippen LogP contribution in [0.15, 0.2) is 54.7 Å². The predicted octanol–water partition coefficient (Wildman–Crippen LogP) is 6.44. The number of hydrogen-bond donors (Lipinski definition) is 1. The van der Waals surface area contributed by atoms with E-state index in [1.54, 1.807) is 26.5 Å². The molecule has 0 saturated carbocycles. The van der Waals surface area contributed by atoms with Gasteiger partial charge in [0.05, 0.1) is 40.4 Å². The van der Waals surface area contributed by atoms with Crippen LogP contribution in [0.3, 0.4) is 0 Å². The number of ketones is 1. The standard InChI is InChI=1S/C28H29ClN2O3/c1-17-10-22-23(16-30-25(22)15-27(17)33-5)26(32)13-19-12-21(24(29)14-28(19)34-6)18-8-7-9-20(11-18)31(2,3)4/h7-12,14-16H,13H2,1-6H3/p+1. The van der Waals surface area contributed by atoms with Crippen LogP contribution in [0.5, 0.6) is 11.5 Å². The normalized spacial score (nSPS) is 11.6. The van der Waals surface area contributed by atoms with Crippen molar-refractivity contribution in [2.24, 2.45) is 0 Å². The first-order chi connectivity index (χ1) is 16.1. The van der Waals surface area contributed by atoms with Crippen molar-refractivity contribution < 1.29 is 14.3 Å². The van der Waals surface area contributed by atoms with Crippen molar-refractivity contribution in [3.63, 3.8) is 0 Å². The quantitative estimate of drug-likeness (QED) is 0.246. The van der Waals surface area contributed by atoms with Crippen molar-refractivity contribution in [3.05, 3.63) is 76.4 Å². The van der Waals surface area contributed by atoms with Crippen LogP contribution in [0.25, 0.3) is 22.0 Å². The topological polar surface area (TPSA) is 51.3 Å². The van der Waals surface area contributed by atoms with Gasteiger partial charge < -0.3 is 14.5 Å². The Hall–Kier alpha value is -3.28. The summed E-state index contributed by atoms with van der Waals surface area (Å²) in [5.41, 5.74) is 6.32. The van der Waals surface area contributed by atoms with Crippen LogP contribution >= 0.6 is 11.6 Å². The molecule has 0 fully saturated rings. The SMILES string of the molecule is COc1cc2[nH]cc(C(=O)Cc3cc(-c4cccc([N+](C)(C)C)c4)c(Cl)cc3OC)c2cc1C. The first-order valence-corrected chi connectivity index (χ1v) is 11.5. The second kappa shape index (κ2) is 9.16. The van der Waals surface area contributed by atoms with E-state index in [0.29, 0.717) is 20.8 Å². The molecule has 0 spiro atoms. The van der Waals surface area contributed by atoms with E-state index in [0.717, 1.165) is 44.6 Å². The van der Waals surface area contributed by atoms with E-state index in [-0.39, 0.29) is 12.2 Å². The minimum Gasteiger partial charge on any atom is -0.496 e. The molecule has 34 heavy (non-hydrogen) atoms. The zero-order chi connectivity index (χ0) is 24.6. The maximum atomic E-state index is 13.4. The molecule has 0 aliphatic heterocycles. The number of fused-ring (bicyclic) bond motifs is 1. The largest absolute Gasteiger partial charge is 0.496 e. The number of methoxy groups -OCH3 is 2. The lowest BCUT2D eigenvalue weighted by Gasteiger charge is -2.24. The molecule has 0 amide bonds. The van der Waals surface area contributed by atoms with Crippen molar-refractivity contribution in [1.82, 2.24) is 9.47 Å². The van der Waals surface area contributed by atoms with Gasteiger partial charge in [0.1, 0.15) is 17.2 Å². The molecule has 1 heterocycles. The van der Waals surface area contributed by atoms with E-state index in [1.807, 2.05) is 37.3 Å². The van der Waals surface area contributed by atoms with Crippen molar-refractivity contribution in [2.75, 3.05) is 35.4 Å². The van der Waals surface area contributed by atoms with Crippen molar-refractivity contribution in [3.8, 4) is 22.6 Å². The van der Waals surface area contributed by atoms with E-state index in [9.17, 15) is 4.79 Å². The number of nitrogens with zero attached hydrogens (tertiary/aromatic N) is 1. The van der Waals surface area contributed by atoms with Crippen LogP contribution < -0.4 is 14.0 Å². The molecule has 1 aromatic heterocycles. The van der Waals surface area contributed by atoms with Gasteiger partial charge in [-0.05, 0) is 42.3 Å². The van der Waals surface area contributed by atoms with Crippen LogP contribution in [-0.4, -0.2) is 46.1 Å². The highest BCUT2D eigenvalue weighted by molar-refractivity contribution is 6.33. The Morgan fingerprint density at radius 2 is 1.74 bits per heavy atom. The van der Waals surface area contributed by atoms with E-state index in [1.165, 1.54) is 0 Å². The van der Waals surface area contributed by atoms with Crippen LogP contribution in [0.1, 0.15) is 21.5 Å². The van der Waals surface area contributed by atoms with Crippen molar-refractivity contribution >= 4 is 34.0 Å². The zero-order valence-electron chi connectivity index (χ0n) is 20.5. The van der Waals surface area contributed by atoms with Gasteiger partial charge >= 0.3 is 0 Å². The lowest BCUT2D eigenvalue weighted by Crippen LogP contribution is -2.34. The molecule has 0 radical (unpaired) electrons. The van der Waals surface area contributed by atoms with E-state index in [2.05, 4.69) is 38.3 Å². The fraction of sp³-hybridized carbons (Fsp3) is 0.250. The highest BCUT2D eigenvalue weighted by Crippen LogP contribution is 2.37. The van der Waals surface area contributed by atoms with E-state index < -0.39 is 0 Å². The number of hydrogen-bond acceptors (Lipinski definition) is 3. The first kappa shape index (κ1) is 23.9. The van der Waals surface area contributed by atoms with Gasteiger partial charge in [0.15, 0.2) is 5.78 Å². The first-order valence-electron chi connectivity index (χ1n) is 11.1. The summed E-state index contributed by atoms with van der Waals surface area (Å²) in [5.74, 6) is 1.39. The summed E-state index contributed by atoms with van der Waals surface area (Å²) >= 11 is 6.65. The van der Waals surface area contributed by atoms with Gasteiger partial charge in [-0.25, -0.2) is 0 Å². The number of nitrogens with one attached hydrogen (secondary N) is 1. The molecule has 4 rings (SSSR count). The average Bonchev–Trinajstić information content (AvgIpc) is 3.21. The molecule has 6 heteroatoms. The van der Waals surface area contributed by atoms with E-state index in [4.69, 9.17) is 21.1 Å². The van der Waals surface area contributed by atoms with Crippen LogP contribution in [-0.2, 0) is 6.42 Å². The third-order valence-electron chi connectivity index (χ3n) is 6.15. The summed E-state index contributed by atoms with van der Waals surface area (Å²) in [6.07, 6.45) is 1.96. The molecule has 0 atom stereocenters. The second-order valence-electron chi connectivity index (χ2n) is 9.38. The Bertz CT molecular complexity index is 1380. The van der Waals surface area contributed by atoms with Gasteiger partial charge in [-0.2, -0.15) is 0 Å². The summed E-state index contributed by atoms with van der Waals surface area (Å²) < 4.78 is 11.7. The Kier molecular flexibility index (Phi) is 6.43. The molecule has 0 saturated heterocycles. The number of carbonyl (C=O) groups is 1. The zero-order valence-corrected chi connectivity index (χ0v) is 21.2. The number of aromatic amines is 1. The average molecular weight is 478 g/mol. The van der Waals surface area contributed by atoms with Crippen LogP contribution in [0.2, 0.25) is 5.02 Å². The van der Waals surface area contributed by atoms with Gasteiger partial charge in [-0.3, -0.25) is 9.28 Å². The number of carbonyl (C=O) groups excluding carboxylic acids is 1. The van der Waals surface area contributed by atoms with Crippen LogP contribution in [0.4, 0.5) is 5.69 Å². The Morgan fingerprint density at radius 1 is 1.00 bits per heavy atom. The number of benzene rings is 3. The molecule has 4 aromatic rings. The van der Waals surface area contributed by atoms with E-state index >= 15 is 0 Å². The van der Waals surface area contributed by atoms with Gasteiger partial charge in [0, 0.05) is 52.3 Å². The minimum atomic E-state index is 0.00231. The number of Topliss-reactive ketones (excluding diaryl/α,β-unsaturated/α-hetero) is 1. The molecule has 1 N–H and O–H groups in total. The number of halogens is 1. The maximum absolute atomic E-state index is 13.4. The monoisotopic (exact) mass is 477 g/mol. The molecular formula is C28H30ClN2O3+. The molecule has 0 aliphatic rings. The summed E-state index contributed by atoms with van der Waals surface area (Å²) in [5, 5.41) is 1.47. The highest BCUT2D eigenvalue weighted by Gasteiger charge is 2.20. The molecule has 3 aromatic carbocycles. The Morgan fingerprint density at radius 3 is 2.41 bits per heavy atom. The number of aryl methyl sites for hydroxylation is 1. The van der Waals surface area contributed by atoms with Gasteiger partial charge in [0.2, 0.25) is 0 Å². The lowest BCUT2D eigenvalue weighted by molar-refractivity contribution is 0.0993. The Balaban J connectivity index is 1.73. The van der Waals surface area contributed by atoms with Crippen LogP contribution in [0, 0.1) is 6.92 Å². The van der Waals surface area contributed by atoms with Gasteiger partial charge in [0.25, 0.3) is 0 Å². The maximum Gasteiger partial charge on any atom is 0.169 e. The van der Waals surface area contributed by atoms with Gasteiger partial charge in [-0.1, -0.05) is 23.7 Å². The third-order valence-corrected chi connectivity index (χ3v) is 6.46. The predicted molar refractivity (Wildman–Crippen MR) is 141 cm³/mol. The number of ether oxygens (including phenoxy) is 2. The molecule has 0 bridgehead atoms. The van der Waals surface area contributed by atoms with Crippen molar-refractivity contribution in [2.45, 2.75) is 13.3 Å². The molecular weight excluding hydrogens is 448 g/mol. The lowest BCUT2D eigenvalue weighted by atomic mass is 9.96. The second-order valence-corrected chi connectivity index (χ2v) is 9.78. The minimum absolute atomic E-state index is 0.00231. The number of aromatic nitrogens is 1. The third kappa shape index (κ3) is 4.54. The Labute approximate surface area is 205 Å².